The van der Waals surface area contributed by atoms with Gasteiger partial charge in [-0.1, -0.05) is 0 Å². The smallest absolute Gasteiger partial charge is 0.339 e. The highest BCUT2D eigenvalue weighted by Crippen LogP contribution is 2.05. The number of carbonyl (C=O) groups excluding carboxylic acids is 1. The third-order valence-corrected chi connectivity index (χ3v) is 2.02. The molecule has 1 aromatic heterocycles. The first-order chi connectivity index (χ1) is 7.04. The summed E-state index contributed by atoms with van der Waals surface area (Å²) in [7, 11) is 1.55. The minimum absolute atomic E-state index is 0.0972. The van der Waals surface area contributed by atoms with Gasteiger partial charge in [0.1, 0.15) is 5.56 Å². The number of hydrogen-bond donors (Lipinski definition) is 2. The molecule has 1 aromatic rings. The number of aromatic carboxylic acids is 1. The Labute approximate surface area is 86.9 Å². The van der Waals surface area contributed by atoms with Crippen molar-refractivity contribution in [2.75, 3.05) is 7.05 Å². The van der Waals surface area contributed by atoms with Gasteiger partial charge in [-0.3, -0.25) is 9.48 Å². The van der Waals surface area contributed by atoms with Gasteiger partial charge in [-0.2, -0.15) is 5.10 Å². The van der Waals surface area contributed by atoms with E-state index in [1.807, 2.05) is 0 Å². The SMILES string of the molecule is CNC(=O)CCn1cc(C(=O)O)c(C)n1. The van der Waals surface area contributed by atoms with Crippen LogP contribution in [0.2, 0.25) is 0 Å². The molecule has 6 nitrogen and oxygen atoms in total. The number of carbonyl (C=O) groups is 2. The van der Waals surface area contributed by atoms with Crippen molar-refractivity contribution in [1.29, 1.82) is 0 Å². The van der Waals surface area contributed by atoms with Gasteiger partial charge in [0, 0.05) is 26.2 Å². The summed E-state index contributed by atoms with van der Waals surface area (Å²) in [4.78, 5) is 21.6. The van der Waals surface area contributed by atoms with Gasteiger partial charge in [-0.25, -0.2) is 4.79 Å². The van der Waals surface area contributed by atoms with Crippen LogP contribution in [-0.4, -0.2) is 33.8 Å². The first-order valence-corrected chi connectivity index (χ1v) is 4.52. The molecular formula is C9H13N3O3. The summed E-state index contributed by atoms with van der Waals surface area (Å²) in [6.07, 6.45) is 1.72. The van der Waals surface area contributed by atoms with Crippen LogP contribution < -0.4 is 5.32 Å². The molecular weight excluding hydrogens is 198 g/mol. The summed E-state index contributed by atoms with van der Waals surface area (Å²) in [5.74, 6) is -1.10. The maximum absolute atomic E-state index is 10.9. The highest BCUT2D eigenvalue weighted by molar-refractivity contribution is 5.88. The van der Waals surface area contributed by atoms with Crippen LogP contribution in [0, 0.1) is 6.92 Å². The minimum atomic E-state index is -1.00. The second-order valence-electron chi connectivity index (χ2n) is 3.12. The predicted molar refractivity (Wildman–Crippen MR) is 52.6 cm³/mol. The Morgan fingerprint density at radius 1 is 1.60 bits per heavy atom. The van der Waals surface area contributed by atoms with E-state index in [-0.39, 0.29) is 17.9 Å². The molecule has 0 spiro atoms. The van der Waals surface area contributed by atoms with E-state index in [9.17, 15) is 9.59 Å². The van der Waals surface area contributed by atoms with Crippen LogP contribution in [-0.2, 0) is 11.3 Å². The van der Waals surface area contributed by atoms with Gasteiger partial charge in [0.25, 0.3) is 0 Å². The van der Waals surface area contributed by atoms with E-state index in [1.165, 1.54) is 10.9 Å². The summed E-state index contributed by atoms with van der Waals surface area (Å²) >= 11 is 0. The molecule has 0 bridgehead atoms. The van der Waals surface area contributed by atoms with E-state index in [1.54, 1.807) is 14.0 Å². The second kappa shape index (κ2) is 4.59. The lowest BCUT2D eigenvalue weighted by Gasteiger charge is -1.99. The number of amides is 1. The largest absolute Gasteiger partial charge is 0.478 e. The van der Waals surface area contributed by atoms with Gasteiger partial charge in [-0.05, 0) is 6.92 Å². The van der Waals surface area contributed by atoms with Crippen LogP contribution in [0.25, 0.3) is 0 Å². The number of aryl methyl sites for hydroxylation is 2. The van der Waals surface area contributed by atoms with Crippen molar-refractivity contribution in [2.24, 2.45) is 0 Å². The zero-order valence-electron chi connectivity index (χ0n) is 8.65. The Kier molecular flexibility index (Phi) is 3.43. The standard InChI is InChI=1S/C9H13N3O3/c1-6-7(9(14)15)5-12(11-6)4-3-8(13)10-2/h5H,3-4H2,1-2H3,(H,10,13)(H,14,15). The normalized spacial score (nSPS) is 10.0. The molecule has 0 saturated heterocycles. The summed E-state index contributed by atoms with van der Waals surface area (Å²) in [6.45, 7) is 2.01. The lowest BCUT2D eigenvalue weighted by atomic mass is 10.3. The Bertz CT molecular complexity index is 384. The van der Waals surface area contributed by atoms with Crippen molar-refractivity contribution in [3.8, 4) is 0 Å². The van der Waals surface area contributed by atoms with Crippen molar-refractivity contribution >= 4 is 11.9 Å². The fraction of sp³-hybridized carbons (Fsp3) is 0.444. The van der Waals surface area contributed by atoms with E-state index in [2.05, 4.69) is 10.4 Å². The molecule has 0 saturated carbocycles. The molecule has 1 heterocycles. The maximum Gasteiger partial charge on any atom is 0.339 e. The minimum Gasteiger partial charge on any atom is -0.478 e. The van der Waals surface area contributed by atoms with E-state index in [0.717, 1.165) is 0 Å². The molecule has 0 aliphatic rings. The molecule has 82 valence electrons. The van der Waals surface area contributed by atoms with Gasteiger partial charge in [0.15, 0.2) is 0 Å². The molecule has 0 aliphatic heterocycles. The Morgan fingerprint density at radius 3 is 2.73 bits per heavy atom. The summed E-state index contributed by atoms with van der Waals surface area (Å²) in [5, 5.41) is 15.2. The quantitative estimate of drug-likeness (QED) is 0.735. The number of nitrogens with zero attached hydrogens (tertiary/aromatic N) is 2. The van der Waals surface area contributed by atoms with Crippen LogP contribution in [0.3, 0.4) is 0 Å². The Hall–Kier alpha value is -1.85. The number of rotatable bonds is 4. The average Bonchev–Trinajstić information content (AvgIpc) is 2.56. The van der Waals surface area contributed by atoms with Crippen LogP contribution >= 0.6 is 0 Å². The highest BCUT2D eigenvalue weighted by atomic mass is 16.4. The molecule has 0 atom stereocenters. The number of hydrogen-bond acceptors (Lipinski definition) is 3. The number of nitrogens with one attached hydrogen (secondary N) is 1. The van der Waals surface area contributed by atoms with Crippen molar-refractivity contribution in [3.63, 3.8) is 0 Å². The van der Waals surface area contributed by atoms with E-state index >= 15 is 0 Å². The molecule has 0 aliphatic carbocycles. The summed E-state index contributed by atoms with van der Waals surface area (Å²) < 4.78 is 1.47. The molecule has 0 fully saturated rings. The number of carboxylic acids is 1. The fourth-order valence-corrected chi connectivity index (χ4v) is 1.18. The number of aromatic nitrogens is 2. The van der Waals surface area contributed by atoms with Crippen molar-refractivity contribution in [1.82, 2.24) is 15.1 Å². The Morgan fingerprint density at radius 2 is 2.27 bits per heavy atom. The van der Waals surface area contributed by atoms with Crippen molar-refractivity contribution < 1.29 is 14.7 Å². The fourth-order valence-electron chi connectivity index (χ4n) is 1.18. The molecule has 1 amide bonds. The zero-order chi connectivity index (χ0) is 11.4. The molecule has 15 heavy (non-hydrogen) atoms. The zero-order valence-corrected chi connectivity index (χ0v) is 8.65. The lowest BCUT2D eigenvalue weighted by molar-refractivity contribution is -0.120. The molecule has 2 N–H and O–H groups in total. The van der Waals surface area contributed by atoms with Crippen LogP contribution in [0.5, 0.6) is 0 Å². The lowest BCUT2D eigenvalue weighted by Crippen LogP contribution is -2.19. The first-order valence-electron chi connectivity index (χ1n) is 4.52. The van der Waals surface area contributed by atoms with Gasteiger partial charge in [-0.15, -0.1) is 0 Å². The van der Waals surface area contributed by atoms with E-state index < -0.39 is 5.97 Å². The van der Waals surface area contributed by atoms with Gasteiger partial charge in [0.2, 0.25) is 5.91 Å². The molecule has 0 radical (unpaired) electrons. The monoisotopic (exact) mass is 211 g/mol. The van der Waals surface area contributed by atoms with Crippen LogP contribution in [0.4, 0.5) is 0 Å². The van der Waals surface area contributed by atoms with E-state index in [4.69, 9.17) is 5.11 Å². The topological polar surface area (TPSA) is 84.2 Å². The number of carboxylic acid groups (broad SMARTS) is 1. The van der Waals surface area contributed by atoms with Gasteiger partial charge in [0.05, 0.1) is 5.69 Å². The molecule has 0 aromatic carbocycles. The van der Waals surface area contributed by atoms with Crippen molar-refractivity contribution in [2.45, 2.75) is 19.9 Å². The highest BCUT2D eigenvalue weighted by Gasteiger charge is 2.11. The Balaban J connectivity index is 2.67. The maximum atomic E-state index is 10.9. The van der Waals surface area contributed by atoms with E-state index in [0.29, 0.717) is 12.2 Å². The molecule has 1 rings (SSSR count). The van der Waals surface area contributed by atoms with Crippen LogP contribution in [0.1, 0.15) is 22.5 Å². The average molecular weight is 211 g/mol. The molecule has 0 unspecified atom stereocenters. The summed E-state index contributed by atoms with van der Waals surface area (Å²) in [5.41, 5.74) is 0.631. The molecule has 6 heteroatoms. The second-order valence-corrected chi connectivity index (χ2v) is 3.12. The third-order valence-electron chi connectivity index (χ3n) is 2.02. The van der Waals surface area contributed by atoms with Gasteiger partial charge < -0.3 is 10.4 Å². The van der Waals surface area contributed by atoms with Gasteiger partial charge >= 0.3 is 5.97 Å². The first kappa shape index (κ1) is 11.2. The predicted octanol–water partition coefficient (Wildman–Crippen LogP) is 0.0258. The van der Waals surface area contributed by atoms with Crippen molar-refractivity contribution in [3.05, 3.63) is 17.5 Å². The van der Waals surface area contributed by atoms with Crippen LogP contribution in [0.15, 0.2) is 6.20 Å². The summed E-state index contributed by atoms with van der Waals surface area (Å²) in [6, 6.07) is 0. The third kappa shape index (κ3) is 2.80.